The van der Waals surface area contributed by atoms with Crippen LogP contribution < -0.4 is 5.14 Å². The van der Waals surface area contributed by atoms with Crippen LogP contribution in [0.2, 0.25) is 5.02 Å². The van der Waals surface area contributed by atoms with Crippen molar-refractivity contribution in [3.05, 3.63) is 27.7 Å². The standard InChI is InChI=1S/C10H10BrClN4O2S/c1-2-16-9(14-15-10(16)19(13,17)18)7-5-6(12)3-4-8(7)11/h3-5H,2H2,1H3,(H2,13,17,18). The minimum atomic E-state index is -3.91. The summed E-state index contributed by atoms with van der Waals surface area (Å²) in [7, 11) is -3.91. The highest BCUT2D eigenvalue weighted by molar-refractivity contribution is 9.10. The first-order valence-corrected chi connectivity index (χ1v) is 7.97. The van der Waals surface area contributed by atoms with Crippen molar-refractivity contribution in [1.82, 2.24) is 14.8 Å². The van der Waals surface area contributed by atoms with Gasteiger partial charge in [0.25, 0.3) is 15.2 Å². The second-order valence-electron chi connectivity index (χ2n) is 3.72. The topological polar surface area (TPSA) is 90.9 Å². The van der Waals surface area contributed by atoms with Gasteiger partial charge >= 0.3 is 0 Å². The molecule has 0 saturated heterocycles. The van der Waals surface area contributed by atoms with Crippen LogP contribution in [0.25, 0.3) is 11.4 Å². The number of sulfonamides is 1. The Hall–Kier alpha value is -0.960. The Bertz CT molecular complexity index is 729. The smallest absolute Gasteiger partial charge is 0.273 e. The van der Waals surface area contributed by atoms with Crippen LogP contribution in [0.5, 0.6) is 0 Å². The molecule has 0 atom stereocenters. The number of rotatable bonds is 3. The Morgan fingerprint density at radius 3 is 2.68 bits per heavy atom. The minimum Gasteiger partial charge on any atom is -0.297 e. The molecule has 0 bridgehead atoms. The third kappa shape index (κ3) is 2.81. The van der Waals surface area contributed by atoms with Crippen LogP contribution >= 0.6 is 27.5 Å². The van der Waals surface area contributed by atoms with Gasteiger partial charge in [-0.2, -0.15) is 0 Å². The van der Waals surface area contributed by atoms with Crippen LogP contribution in [0, 0.1) is 0 Å². The SMILES string of the molecule is CCn1c(-c2cc(Cl)ccc2Br)nnc1S(N)(=O)=O. The number of hydrogen-bond donors (Lipinski definition) is 1. The maximum Gasteiger partial charge on any atom is 0.273 e. The molecule has 0 aliphatic carbocycles. The summed E-state index contributed by atoms with van der Waals surface area (Å²) < 4.78 is 25.0. The van der Waals surface area contributed by atoms with E-state index >= 15 is 0 Å². The van der Waals surface area contributed by atoms with E-state index in [1.165, 1.54) is 4.57 Å². The number of halogens is 2. The Morgan fingerprint density at radius 1 is 1.42 bits per heavy atom. The van der Waals surface area contributed by atoms with Gasteiger partial charge in [0.1, 0.15) is 0 Å². The molecule has 0 spiro atoms. The van der Waals surface area contributed by atoms with Crippen molar-refractivity contribution in [3.63, 3.8) is 0 Å². The molecule has 6 nitrogen and oxygen atoms in total. The van der Waals surface area contributed by atoms with Crippen molar-refractivity contribution in [3.8, 4) is 11.4 Å². The molecule has 2 N–H and O–H groups in total. The van der Waals surface area contributed by atoms with Gasteiger partial charge in [-0.25, -0.2) is 13.6 Å². The van der Waals surface area contributed by atoms with Gasteiger partial charge in [-0.15, -0.1) is 10.2 Å². The predicted molar refractivity (Wildman–Crippen MR) is 75.2 cm³/mol. The van der Waals surface area contributed by atoms with Crippen LogP contribution in [0.1, 0.15) is 6.92 Å². The maximum absolute atomic E-state index is 11.4. The number of benzene rings is 1. The molecule has 1 aromatic carbocycles. The summed E-state index contributed by atoms with van der Waals surface area (Å²) in [5.41, 5.74) is 0.650. The van der Waals surface area contributed by atoms with Gasteiger partial charge in [-0.3, -0.25) is 4.57 Å². The zero-order valence-corrected chi connectivity index (χ0v) is 13.0. The highest BCUT2D eigenvalue weighted by Crippen LogP contribution is 2.30. The Kier molecular flexibility index (Phi) is 3.95. The first-order chi connectivity index (χ1) is 8.84. The lowest BCUT2D eigenvalue weighted by Crippen LogP contribution is -2.18. The molecule has 1 aromatic heterocycles. The quantitative estimate of drug-likeness (QED) is 0.901. The molecule has 2 rings (SSSR count). The van der Waals surface area contributed by atoms with Crippen molar-refractivity contribution in [2.75, 3.05) is 0 Å². The fraction of sp³-hybridized carbons (Fsp3) is 0.200. The van der Waals surface area contributed by atoms with E-state index < -0.39 is 10.0 Å². The van der Waals surface area contributed by atoms with E-state index in [4.69, 9.17) is 16.7 Å². The van der Waals surface area contributed by atoms with Crippen LogP contribution in [0.4, 0.5) is 0 Å². The molecule has 0 saturated carbocycles. The molecular weight excluding hydrogens is 356 g/mol. The average Bonchev–Trinajstić information content (AvgIpc) is 2.75. The number of aromatic nitrogens is 3. The van der Waals surface area contributed by atoms with Gasteiger partial charge in [-0.05, 0) is 25.1 Å². The molecule has 102 valence electrons. The summed E-state index contributed by atoms with van der Waals surface area (Å²) >= 11 is 9.31. The fourth-order valence-electron chi connectivity index (χ4n) is 1.65. The van der Waals surface area contributed by atoms with E-state index in [0.29, 0.717) is 23.0 Å². The van der Waals surface area contributed by atoms with E-state index in [1.807, 2.05) is 0 Å². The number of primary sulfonamides is 1. The number of nitrogens with zero attached hydrogens (tertiary/aromatic N) is 3. The fourth-order valence-corrected chi connectivity index (χ4v) is 2.93. The van der Waals surface area contributed by atoms with E-state index in [0.717, 1.165) is 4.47 Å². The maximum atomic E-state index is 11.4. The van der Waals surface area contributed by atoms with Crippen LogP contribution in [-0.4, -0.2) is 23.2 Å². The van der Waals surface area contributed by atoms with E-state index in [9.17, 15) is 8.42 Å². The highest BCUT2D eigenvalue weighted by atomic mass is 79.9. The summed E-state index contributed by atoms with van der Waals surface area (Å²) in [6, 6.07) is 5.14. The summed E-state index contributed by atoms with van der Waals surface area (Å²) in [5.74, 6) is 0.390. The molecular formula is C10H10BrClN4O2S. The van der Waals surface area contributed by atoms with E-state index in [-0.39, 0.29) is 5.16 Å². The van der Waals surface area contributed by atoms with Gasteiger partial charge < -0.3 is 0 Å². The number of hydrogen-bond acceptors (Lipinski definition) is 4. The molecule has 1 heterocycles. The largest absolute Gasteiger partial charge is 0.297 e. The third-order valence-electron chi connectivity index (χ3n) is 2.46. The lowest BCUT2D eigenvalue weighted by atomic mass is 10.2. The summed E-state index contributed by atoms with van der Waals surface area (Å²) in [5, 5.41) is 12.9. The number of nitrogens with two attached hydrogens (primary N) is 1. The Labute approximate surface area is 123 Å². The van der Waals surface area contributed by atoms with Crippen molar-refractivity contribution in [1.29, 1.82) is 0 Å². The molecule has 19 heavy (non-hydrogen) atoms. The summed E-state index contributed by atoms with van der Waals surface area (Å²) in [6.45, 7) is 2.15. The Morgan fingerprint density at radius 2 is 2.11 bits per heavy atom. The first-order valence-electron chi connectivity index (χ1n) is 5.26. The molecule has 9 heteroatoms. The van der Waals surface area contributed by atoms with Gasteiger partial charge in [0, 0.05) is 21.6 Å². The van der Waals surface area contributed by atoms with E-state index in [1.54, 1.807) is 25.1 Å². The van der Waals surface area contributed by atoms with Crippen LogP contribution in [-0.2, 0) is 16.6 Å². The molecule has 2 aromatic rings. The highest BCUT2D eigenvalue weighted by Gasteiger charge is 2.22. The molecule has 0 fully saturated rings. The molecule has 0 aliphatic heterocycles. The molecule has 0 aliphatic rings. The summed E-state index contributed by atoms with van der Waals surface area (Å²) in [4.78, 5) is 0. The van der Waals surface area contributed by atoms with Crippen LogP contribution in [0.15, 0.2) is 27.8 Å². The zero-order chi connectivity index (χ0) is 14.2. The Balaban J connectivity index is 2.70. The first kappa shape index (κ1) is 14.4. The zero-order valence-electron chi connectivity index (χ0n) is 9.84. The van der Waals surface area contributed by atoms with Crippen molar-refractivity contribution >= 4 is 37.6 Å². The lowest BCUT2D eigenvalue weighted by molar-refractivity contribution is 0.571. The van der Waals surface area contributed by atoms with Gasteiger partial charge in [-0.1, -0.05) is 27.5 Å². The van der Waals surface area contributed by atoms with Gasteiger partial charge in [0.15, 0.2) is 5.82 Å². The second kappa shape index (κ2) is 5.20. The van der Waals surface area contributed by atoms with Crippen molar-refractivity contribution in [2.45, 2.75) is 18.6 Å². The third-order valence-corrected chi connectivity index (χ3v) is 4.19. The second-order valence-corrected chi connectivity index (χ2v) is 6.47. The van der Waals surface area contributed by atoms with Crippen LogP contribution in [0.3, 0.4) is 0 Å². The minimum absolute atomic E-state index is 0.267. The van der Waals surface area contributed by atoms with E-state index in [2.05, 4.69) is 26.1 Å². The van der Waals surface area contributed by atoms with Crippen molar-refractivity contribution < 1.29 is 8.42 Å². The lowest BCUT2D eigenvalue weighted by Gasteiger charge is -2.08. The normalized spacial score (nSPS) is 11.8. The molecule has 0 unspecified atom stereocenters. The van der Waals surface area contributed by atoms with Crippen molar-refractivity contribution in [2.24, 2.45) is 5.14 Å². The predicted octanol–water partition coefficient (Wildman–Crippen LogP) is 2.03. The molecule has 0 radical (unpaired) electrons. The van der Waals surface area contributed by atoms with Gasteiger partial charge in [0.05, 0.1) is 0 Å². The molecule has 0 amide bonds. The van der Waals surface area contributed by atoms with Gasteiger partial charge in [0.2, 0.25) is 0 Å². The monoisotopic (exact) mass is 364 g/mol. The summed E-state index contributed by atoms with van der Waals surface area (Å²) in [6.07, 6.45) is 0. The average molecular weight is 366 g/mol.